The van der Waals surface area contributed by atoms with Crippen LogP contribution < -0.4 is 9.47 Å². The fraction of sp³-hybridized carbons (Fsp3) is 0.143. The van der Waals surface area contributed by atoms with E-state index in [9.17, 15) is 5.11 Å². The zero-order chi connectivity index (χ0) is 21.3. The highest BCUT2D eigenvalue weighted by molar-refractivity contribution is 5.68. The monoisotopic (exact) mass is 410 g/mol. The highest BCUT2D eigenvalue weighted by atomic mass is 16.5. The van der Waals surface area contributed by atoms with Gasteiger partial charge in [0.15, 0.2) is 11.5 Å². The van der Waals surface area contributed by atoms with Gasteiger partial charge in [-0.25, -0.2) is 0 Å². The molecule has 0 radical (unpaired) electrons. The summed E-state index contributed by atoms with van der Waals surface area (Å²) in [6.07, 6.45) is 1.74. The second-order valence-corrected chi connectivity index (χ2v) is 7.38. The second kappa shape index (κ2) is 10.4. The van der Waals surface area contributed by atoms with E-state index in [2.05, 4.69) is 48.5 Å². The van der Waals surface area contributed by atoms with Gasteiger partial charge in [0.1, 0.15) is 12.4 Å². The maximum atomic E-state index is 9.83. The van der Waals surface area contributed by atoms with Crippen LogP contribution in [0.1, 0.15) is 17.5 Å². The number of hydrogen-bond acceptors (Lipinski definition) is 3. The van der Waals surface area contributed by atoms with Crippen molar-refractivity contribution in [3.8, 4) is 28.4 Å². The molecule has 0 fully saturated rings. The van der Waals surface area contributed by atoms with Crippen molar-refractivity contribution in [1.82, 2.24) is 0 Å². The summed E-state index contributed by atoms with van der Waals surface area (Å²) in [6, 6.07) is 33.9. The third kappa shape index (κ3) is 5.67. The molecule has 0 aliphatic heterocycles. The minimum Gasteiger partial charge on any atom is -0.504 e. The van der Waals surface area contributed by atoms with Gasteiger partial charge >= 0.3 is 0 Å². The topological polar surface area (TPSA) is 38.7 Å². The van der Waals surface area contributed by atoms with Crippen LogP contribution in [0.3, 0.4) is 0 Å². The fourth-order valence-electron chi connectivity index (χ4n) is 3.54. The molecule has 0 heterocycles. The summed E-state index contributed by atoms with van der Waals surface area (Å²) in [5, 5.41) is 9.83. The van der Waals surface area contributed by atoms with Crippen LogP contribution in [0.4, 0.5) is 0 Å². The Morgan fingerprint density at radius 1 is 0.677 bits per heavy atom. The van der Waals surface area contributed by atoms with Crippen molar-refractivity contribution >= 4 is 0 Å². The lowest BCUT2D eigenvalue weighted by Gasteiger charge is -2.13. The molecule has 1 N–H and O–H groups in total. The van der Waals surface area contributed by atoms with E-state index in [1.807, 2.05) is 36.4 Å². The van der Waals surface area contributed by atoms with Crippen LogP contribution in [-0.2, 0) is 13.0 Å². The van der Waals surface area contributed by atoms with E-state index in [1.54, 1.807) is 18.2 Å². The largest absolute Gasteiger partial charge is 0.504 e. The smallest absolute Gasteiger partial charge is 0.160 e. The van der Waals surface area contributed by atoms with Gasteiger partial charge in [-0.15, -0.1) is 0 Å². The van der Waals surface area contributed by atoms with E-state index < -0.39 is 0 Å². The number of benzene rings is 4. The number of phenols is 1. The van der Waals surface area contributed by atoms with Crippen molar-refractivity contribution in [3.05, 3.63) is 114 Å². The Kier molecular flexibility index (Phi) is 6.86. The SMILES string of the molecule is Oc1ccccc1OCCCc1ccccc1-c1cccc(OCc2ccccc2)c1. The molecule has 0 atom stereocenters. The molecule has 3 heteroatoms. The second-order valence-electron chi connectivity index (χ2n) is 7.38. The average Bonchev–Trinajstić information content (AvgIpc) is 2.83. The standard InChI is InChI=1S/C28H26O3/c29-27-17-6-7-18-28(27)30-19-9-14-23-12-4-5-16-26(23)24-13-8-15-25(20-24)31-21-22-10-2-1-3-11-22/h1-8,10-13,15-18,20,29H,9,14,19,21H2. The van der Waals surface area contributed by atoms with E-state index in [1.165, 1.54) is 11.1 Å². The molecule has 0 unspecified atom stereocenters. The van der Waals surface area contributed by atoms with Gasteiger partial charge in [-0.05, 0) is 59.4 Å². The summed E-state index contributed by atoms with van der Waals surface area (Å²) < 4.78 is 11.7. The van der Waals surface area contributed by atoms with Crippen molar-refractivity contribution in [1.29, 1.82) is 0 Å². The highest BCUT2D eigenvalue weighted by Crippen LogP contribution is 2.29. The van der Waals surface area contributed by atoms with Gasteiger partial charge in [0, 0.05) is 0 Å². The van der Waals surface area contributed by atoms with E-state index in [-0.39, 0.29) is 5.75 Å². The third-order valence-electron chi connectivity index (χ3n) is 5.12. The van der Waals surface area contributed by atoms with Gasteiger partial charge < -0.3 is 14.6 Å². The Hall–Kier alpha value is -3.72. The van der Waals surface area contributed by atoms with Crippen LogP contribution in [-0.4, -0.2) is 11.7 Å². The number of rotatable bonds is 9. The van der Waals surface area contributed by atoms with E-state index in [0.717, 1.165) is 29.7 Å². The third-order valence-corrected chi connectivity index (χ3v) is 5.12. The summed E-state index contributed by atoms with van der Waals surface area (Å²) in [5.41, 5.74) is 4.76. The molecule has 0 saturated heterocycles. The lowest BCUT2D eigenvalue weighted by Crippen LogP contribution is -2.00. The first-order valence-electron chi connectivity index (χ1n) is 10.6. The zero-order valence-corrected chi connectivity index (χ0v) is 17.4. The van der Waals surface area contributed by atoms with Gasteiger partial charge in [-0.2, -0.15) is 0 Å². The van der Waals surface area contributed by atoms with E-state index in [4.69, 9.17) is 9.47 Å². The molecule has 0 spiro atoms. The molecule has 4 aromatic rings. The summed E-state index contributed by atoms with van der Waals surface area (Å²) in [5.74, 6) is 1.56. The van der Waals surface area contributed by atoms with Crippen LogP contribution >= 0.6 is 0 Å². The Morgan fingerprint density at radius 3 is 2.32 bits per heavy atom. The van der Waals surface area contributed by atoms with Crippen molar-refractivity contribution in [2.75, 3.05) is 6.61 Å². The van der Waals surface area contributed by atoms with Gasteiger partial charge in [0.05, 0.1) is 6.61 Å². The first-order valence-corrected chi connectivity index (χ1v) is 10.6. The fourth-order valence-corrected chi connectivity index (χ4v) is 3.54. The zero-order valence-electron chi connectivity index (χ0n) is 17.4. The molecule has 3 nitrogen and oxygen atoms in total. The lowest BCUT2D eigenvalue weighted by molar-refractivity contribution is 0.294. The normalized spacial score (nSPS) is 10.6. The number of para-hydroxylation sites is 2. The molecular weight excluding hydrogens is 384 g/mol. The van der Waals surface area contributed by atoms with E-state index >= 15 is 0 Å². The van der Waals surface area contributed by atoms with Crippen LogP contribution in [0.25, 0.3) is 11.1 Å². The molecule has 156 valence electrons. The molecule has 0 aliphatic rings. The summed E-state index contributed by atoms with van der Waals surface area (Å²) in [6.45, 7) is 1.10. The predicted molar refractivity (Wildman–Crippen MR) is 125 cm³/mol. The van der Waals surface area contributed by atoms with Gasteiger partial charge in [0.2, 0.25) is 0 Å². The number of phenolic OH excluding ortho intramolecular Hbond substituents is 1. The quantitative estimate of drug-likeness (QED) is 0.314. The van der Waals surface area contributed by atoms with Crippen LogP contribution in [0.2, 0.25) is 0 Å². The molecule has 0 aliphatic carbocycles. The van der Waals surface area contributed by atoms with Crippen molar-refractivity contribution in [3.63, 3.8) is 0 Å². The van der Waals surface area contributed by atoms with Gasteiger partial charge in [-0.1, -0.05) is 78.9 Å². The molecule has 0 amide bonds. The Morgan fingerprint density at radius 2 is 1.45 bits per heavy atom. The minimum absolute atomic E-state index is 0.176. The maximum Gasteiger partial charge on any atom is 0.160 e. The summed E-state index contributed by atoms with van der Waals surface area (Å²) in [4.78, 5) is 0. The number of ether oxygens (including phenoxy) is 2. The Balaban J connectivity index is 1.40. The molecule has 0 bridgehead atoms. The highest BCUT2D eigenvalue weighted by Gasteiger charge is 2.07. The minimum atomic E-state index is 0.176. The van der Waals surface area contributed by atoms with Crippen molar-refractivity contribution < 1.29 is 14.6 Å². The number of hydrogen-bond donors (Lipinski definition) is 1. The Bertz CT molecular complexity index is 1110. The molecule has 4 rings (SSSR count). The molecule has 0 aromatic heterocycles. The maximum absolute atomic E-state index is 9.83. The molecule has 31 heavy (non-hydrogen) atoms. The van der Waals surface area contributed by atoms with Gasteiger partial charge in [0.25, 0.3) is 0 Å². The first-order chi connectivity index (χ1) is 15.3. The summed E-state index contributed by atoms with van der Waals surface area (Å²) in [7, 11) is 0. The lowest BCUT2D eigenvalue weighted by atomic mass is 9.96. The first kappa shape index (κ1) is 20.5. The van der Waals surface area contributed by atoms with Crippen LogP contribution in [0, 0.1) is 0 Å². The predicted octanol–water partition coefficient (Wildman–Crippen LogP) is 6.65. The summed E-state index contributed by atoms with van der Waals surface area (Å²) >= 11 is 0. The van der Waals surface area contributed by atoms with Crippen molar-refractivity contribution in [2.24, 2.45) is 0 Å². The van der Waals surface area contributed by atoms with Crippen LogP contribution in [0.15, 0.2) is 103 Å². The molecule has 0 saturated carbocycles. The Labute approximate surface area is 183 Å². The molecular formula is C28H26O3. The van der Waals surface area contributed by atoms with Crippen LogP contribution in [0.5, 0.6) is 17.2 Å². The van der Waals surface area contributed by atoms with E-state index in [0.29, 0.717) is 19.0 Å². The average molecular weight is 411 g/mol. The molecule has 4 aromatic carbocycles. The number of aryl methyl sites for hydroxylation is 1. The van der Waals surface area contributed by atoms with Gasteiger partial charge in [-0.3, -0.25) is 0 Å². The number of aromatic hydroxyl groups is 1. The van der Waals surface area contributed by atoms with Crippen molar-refractivity contribution in [2.45, 2.75) is 19.4 Å².